The van der Waals surface area contributed by atoms with Crippen molar-refractivity contribution in [3.05, 3.63) is 72.6 Å². The molecule has 10 heteroatoms. The number of allylic oxidation sites excluding steroid dienone is 2. The summed E-state index contributed by atoms with van der Waals surface area (Å²) in [4.78, 5) is 21.5. The molecule has 0 aromatic carbocycles. The molecule has 9 nitrogen and oxygen atoms in total. The summed E-state index contributed by atoms with van der Waals surface area (Å²) >= 11 is 0. The highest BCUT2D eigenvalue weighted by Crippen LogP contribution is 2.06. The second-order valence-corrected chi connectivity index (χ2v) is 4.48. The first-order valence-electron chi connectivity index (χ1n) is 7.15. The fourth-order valence-corrected chi connectivity index (χ4v) is 1.21. The van der Waals surface area contributed by atoms with E-state index in [0.717, 1.165) is 24.7 Å². The molecule has 1 heterocycles. The van der Waals surface area contributed by atoms with Gasteiger partial charge in [-0.2, -0.15) is 0 Å². The van der Waals surface area contributed by atoms with E-state index in [1.54, 1.807) is 6.92 Å². The van der Waals surface area contributed by atoms with E-state index in [2.05, 4.69) is 27.2 Å². The summed E-state index contributed by atoms with van der Waals surface area (Å²) in [5.74, 6) is -2.10. The number of hydrogen-bond donors (Lipinski definition) is 4. The maximum absolute atomic E-state index is 10.9. The van der Waals surface area contributed by atoms with Gasteiger partial charge in [0.1, 0.15) is 12.0 Å². The molecule has 0 bridgehead atoms. The minimum absolute atomic E-state index is 0.198. The SMILES string of the molecule is C=C(N)/C=C\C(=C)C(=O)OCC.O=C(O)C1=C/C(O)=C/OB(O)O\C=C\1. The first-order chi connectivity index (χ1) is 12.2. The molecule has 0 aliphatic carbocycles. The molecule has 140 valence electrons. The first-order valence-corrected chi connectivity index (χ1v) is 7.15. The third-order valence-corrected chi connectivity index (χ3v) is 2.33. The lowest BCUT2D eigenvalue weighted by atomic mass is 10.2. The van der Waals surface area contributed by atoms with E-state index >= 15 is 0 Å². The standard InChI is InChI=1S/C9H13NO2.C7H7BO6/c1-4-12-9(11)7(2)5-6-8(3)10;9-6-3-5(7(10)11)1-2-13-8(12)14-4-6/h5-6H,2-4,10H2,1H3;1-4,9,12H,(H,10,11)/b6-5-;2-1+,5-3+,6-4-. The van der Waals surface area contributed by atoms with Crippen molar-refractivity contribution in [3.8, 4) is 0 Å². The highest BCUT2D eigenvalue weighted by molar-refractivity contribution is 6.35. The van der Waals surface area contributed by atoms with Crippen LogP contribution < -0.4 is 5.73 Å². The van der Waals surface area contributed by atoms with Crippen molar-refractivity contribution in [1.82, 2.24) is 0 Å². The summed E-state index contributed by atoms with van der Waals surface area (Å²) in [6, 6.07) is 0. The van der Waals surface area contributed by atoms with E-state index in [-0.39, 0.29) is 11.1 Å². The van der Waals surface area contributed by atoms with Gasteiger partial charge < -0.3 is 35.0 Å². The largest absolute Gasteiger partial charge is 0.784 e. The highest BCUT2D eigenvalue weighted by Gasteiger charge is 2.18. The van der Waals surface area contributed by atoms with Crippen molar-refractivity contribution in [2.75, 3.05) is 6.61 Å². The van der Waals surface area contributed by atoms with Crippen molar-refractivity contribution < 1.29 is 38.9 Å². The number of hydrogen-bond acceptors (Lipinski definition) is 8. The lowest BCUT2D eigenvalue weighted by Gasteiger charge is -2.01. The third kappa shape index (κ3) is 10.4. The van der Waals surface area contributed by atoms with E-state index < -0.39 is 25.0 Å². The molecule has 0 spiro atoms. The molecule has 0 radical (unpaired) electrons. The van der Waals surface area contributed by atoms with Crippen LogP contribution in [0.5, 0.6) is 0 Å². The summed E-state index contributed by atoms with van der Waals surface area (Å²) < 4.78 is 13.6. The lowest BCUT2D eigenvalue weighted by molar-refractivity contribution is -0.138. The van der Waals surface area contributed by atoms with Crippen molar-refractivity contribution in [1.29, 1.82) is 0 Å². The summed E-state index contributed by atoms with van der Waals surface area (Å²) in [5, 5.41) is 26.5. The van der Waals surface area contributed by atoms with Crippen LogP contribution in [-0.2, 0) is 23.6 Å². The Labute approximate surface area is 150 Å². The molecular formula is C16H20BNO8. The zero-order valence-electron chi connectivity index (χ0n) is 14.1. The van der Waals surface area contributed by atoms with Crippen LogP contribution in [0.4, 0.5) is 0 Å². The fourth-order valence-electron chi connectivity index (χ4n) is 1.21. The minimum atomic E-state index is -1.57. The number of aliphatic hydroxyl groups excluding tert-OH is 1. The Morgan fingerprint density at radius 3 is 2.54 bits per heavy atom. The Kier molecular flexibility index (Phi) is 10.5. The summed E-state index contributed by atoms with van der Waals surface area (Å²) in [6.07, 6.45) is 6.74. The van der Waals surface area contributed by atoms with Crippen LogP contribution in [0.15, 0.2) is 72.6 Å². The molecule has 5 N–H and O–H groups in total. The molecule has 1 aliphatic heterocycles. The van der Waals surface area contributed by atoms with E-state index in [9.17, 15) is 9.59 Å². The van der Waals surface area contributed by atoms with Gasteiger partial charge >= 0.3 is 19.3 Å². The molecule has 0 aromatic rings. The number of aliphatic hydroxyl groups is 1. The Balaban J connectivity index is 0.000000488. The van der Waals surface area contributed by atoms with Gasteiger partial charge in [0.15, 0.2) is 0 Å². The van der Waals surface area contributed by atoms with Gasteiger partial charge in [-0.1, -0.05) is 13.2 Å². The molecule has 1 aliphatic rings. The van der Waals surface area contributed by atoms with Crippen LogP contribution in [0, 0.1) is 0 Å². The van der Waals surface area contributed by atoms with Crippen LogP contribution in [0.2, 0.25) is 0 Å². The fraction of sp³-hybridized carbons (Fsp3) is 0.125. The molecule has 0 fully saturated rings. The maximum atomic E-state index is 10.9. The Morgan fingerprint density at radius 1 is 1.35 bits per heavy atom. The number of ether oxygens (including phenoxy) is 1. The second-order valence-electron chi connectivity index (χ2n) is 4.48. The minimum Gasteiger partial charge on any atom is -0.507 e. The molecule has 0 amide bonds. The van der Waals surface area contributed by atoms with Crippen molar-refractivity contribution in [3.63, 3.8) is 0 Å². The van der Waals surface area contributed by atoms with Crippen LogP contribution in [0.3, 0.4) is 0 Å². The zero-order chi connectivity index (χ0) is 20.1. The lowest BCUT2D eigenvalue weighted by Crippen LogP contribution is -2.16. The molecule has 26 heavy (non-hydrogen) atoms. The van der Waals surface area contributed by atoms with Gasteiger partial charge in [0.05, 0.1) is 24.0 Å². The smallest absolute Gasteiger partial charge is 0.507 e. The van der Waals surface area contributed by atoms with Gasteiger partial charge in [0.2, 0.25) is 0 Å². The van der Waals surface area contributed by atoms with Crippen LogP contribution in [0.25, 0.3) is 0 Å². The van der Waals surface area contributed by atoms with Crippen LogP contribution in [0.1, 0.15) is 6.92 Å². The second kappa shape index (κ2) is 12.0. The van der Waals surface area contributed by atoms with Gasteiger partial charge in [-0.15, -0.1) is 0 Å². The highest BCUT2D eigenvalue weighted by atomic mass is 16.7. The average Bonchev–Trinajstić information content (AvgIpc) is 2.65. The maximum Gasteiger partial charge on any atom is 0.784 e. The Morgan fingerprint density at radius 2 is 2.00 bits per heavy atom. The molecular weight excluding hydrogens is 345 g/mol. The van der Waals surface area contributed by atoms with Gasteiger partial charge in [-0.05, 0) is 31.2 Å². The van der Waals surface area contributed by atoms with E-state index in [0.29, 0.717) is 12.3 Å². The number of carbonyl (C=O) groups is 2. The predicted molar refractivity (Wildman–Crippen MR) is 94.0 cm³/mol. The van der Waals surface area contributed by atoms with Gasteiger partial charge in [-0.25, -0.2) is 9.59 Å². The predicted octanol–water partition coefficient (Wildman–Crippen LogP) is 1.07. The number of nitrogens with two attached hydrogens (primary N) is 1. The van der Waals surface area contributed by atoms with E-state index in [1.807, 2.05) is 0 Å². The summed E-state index contributed by atoms with van der Waals surface area (Å²) in [6.45, 7) is 8.99. The van der Waals surface area contributed by atoms with Crippen molar-refractivity contribution in [2.24, 2.45) is 5.73 Å². The van der Waals surface area contributed by atoms with Gasteiger partial charge in [0.25, 0.3) is 0 Å². The van der Waals surface area contributed by atoms with Crippen LogP contribution >= 0.6 is 0 Å². The molecule has 0 saturated heterocycles. The van der Waals surface area contributed by atoms with Crippen LogP contribution in [-0.4, -0.2) is 41.1 Å². The van der Waals surface area contributed by atoms with E-state index in [4.69, 9.17) is 21.0 Å². The molecule has 0 saturated carbocycles. The van der Waals surface area contributed by atoms with Crippen molar-refractivity contribution in [2.45, 2.75) is 6.92 Å². The molecule has 0 unspecified atom stereocenters. The quantitative estimate of drug-likeness (QED) is 0.243. The third-order valence-electron chi connectivity index (χ3n) is 2.33. The first kappa shape index (κ1) is 22.6. The number of aliphatic carboxylic acids is 1. The number of carbonyl (C=O) groups excluding carboxylic acids is 1. The van der Waals surface area contributed by atoms with Gasteiger partial charge in [-0.3, -0.25) is 0 Å². The Hall–Kier alpha value is -3.40. The van der Waals surface area contributed by atoms with Gasteiger partial charge in [0, 0.05) is 5.70 Å². The van der Waals surface area contributed by atoms with Crippen molar-refractivity contribution >= 4 is 19.3 Å². The molecule has 0 atom stereocenters. The molecule has 1 rings (SSSR count). The number of carboxylic acids is 1. The Bertz CT molecular complexity index is 663. The van der Waals surface area contributed by atoms with E-state index in [1.165, 1.54) is 12.2 Å². The monoisotopic (exact) mass is 365 g/mol. The number of rotatable bonds is 5. The zero-order valence-corrected chi connectivity index (χ0v) is 14.1. The number of esters is 1. The summed E-state index contributed by atoms with van der Waals surface area (Å²) in [5.41, 5.74) is 5.69. The molecule has 0 aromatic heterocycles. The topological polar surface area (TPSA) is 149 Å². The summed E-state index contributed by atoms with van der Waals surface area (Å²) in [7, 11) is -1.57. The average molecular weight is 365 g/mol. The normalized spacial score (nSPS) is 18.6. The number of carboxylic acid groups (broad SMARTS) is 1.